The molecular weight excluding hydrogens is 1310 g/mol. The van der Waals surface area contributed by atoms with Gasteiger partial charge in [0, 0.05) is 25.7 Å². The van der Waals surface area contributed by atoms with Gasteiger partial charge in [0.05, 0.1) is 26.4 Å². The molecule has 3 N–H and O–H groups in total. The van der Waals surface area contributed by atoms with Crippen LogP contribution in [-0.2, 0) is 65.4 Å². The number of esters is 4. The second-order valence-electron chi connectivity index (χ2n) is 24.4. The minimum absolute atomic E-state index is 0.0574. The largest absolute Gasteiger partial charge is 0.472 e. The van der Waals surface area contributed by atoms with Gasteiger partial charge in [0.15, 0.2) is 12.2 Å². The van der Waals surface area contributed by atoms with Gasteiger partial charge in [-0.25, -0.2) is 9.13 Å². The molecule has 0 spiro atoms. The van der Waals surface area contributed by atoms with E-state index in [-0.39, 0.29) is 25.7 Å². The molecule has 0 aromatic heterocycles. The van der Waals surface area contributed by atoms with Crippen LogP contribution in [0.15, 0.2) is 158 Å². The van der Waals surface area contributed by atoms with Crippen molar-refractivity contribution in [3.05, 3.63) is 158 Å². The van der Waals surface area contributed by atoms with Gasteiger partial charge >= 0.3 is 39.5 Å². The van der Waals surface area contributed by atoms with Gasteiger partial charge < -0.3 is 33.8 Å². The minimum atomic E-state index is -5.00. The normalized spacial score (nSPS) is 14.8. The molecule has 0 saturated heterocycles. The van der Waals surface area contributed by atoms with Crippen LogP contribution in [0.25, 0.3) is 0 Å². The number of unbranched alkanes of at least 4 members (excludes halogenated alkanes) is 17. The molecule has 0 rings (SSSR count). The summed E-state index contributed by atoms with van der Waals surface area (Å²) in [6, 6.07) is 0. The monoisotopic (exact) mass is 1440 g/mol. The third-order valence-corrected chi connectivity index (χ3v) is 16.9. The molecular formula is C81H132O17P2. The van der Waals surface area contributed by atoms with Crippen LogP contribution >= 0.6 is 15.6 Å². The topological polar surface area (TPSA) is 237 Å². The van der Waals surface area contributed by atoms with E-state index in [4.69, 9.17) is 37.0 Å². The first kappa shape index (κ1) is 94.7. The Kier molecular flexibility index (Phi) is 68.2. The summed E-state index contributed by atoms with van der Waals surface area (Å²) in [6.45, 7) is 4.34. The first-order chi connectivity index (χ1) is 48.7. The number of phosphoric ester groups is 2. The van der Waals surface area contributed by atoms with Gasteiger partial charge in [0.2, 0.25) is 0 Å². The van der Waals surface area contributed by atoms with Gasteiger partial charge in [-0.2, -0.15) is 0 Å². The zero-order valence-corrected chi connectivity index (χ0v) is 63.6. The predicted molar refractivity (Wildman–Crippen MR) is 408 cm³/mol. The summed E-state index contributed by atoms with van der Waals surface area (Å²) in [5.41, 5.74) is 0. The van der Waals surface area contributed by atoms with Crippen molar-refractivity contribution >= 4 is 39.5 Å². The summed E-state index contributed by atoms with van der Waals surface area (Å²) in [5.74, 6) is -2.31. The van der Waals surface area contributed by atoms with E-state index < -0.39 is 97.5 Å². The second-order valence-corrected chi connectivity index (χ2v) is 27.3. The van der Waals surface area contributed by atoms with Crippen molar-refractivity contribution in [1.82, 2.24) is 0 Å². The smallest absolute Gasteiger partial charge is 0.462 e. The van der Waals surface area contributed by atoms with Crippen LogP contribution in [0.5, 0.6) is 0 Å². The maximum absolute atomic E-state index is 13.1. The lowest BCUT2D eigenvalue weighted by Gasteiger charge is -2.21. The first-order valence-corrected chi connectivity index (χ1v) is 40.7. The highest BCUT2D eigenvalue weighted by Crippen LogP contribution is 2.45. The van der Waals surface area contributed by atoms with Crippen molar-refractivity contribution in [2.24, 2.45) is 0 Å². The van der Waals surface area contributed by atoms with Gasteiger partial charge in [0.1, 0.15) is 19.3 Å². The molecule has 0 aliphatic heterocycles. The van der Waals surface area contributed by atoms with Crippen molar-refractivity contribution in [3.8, 4) is 0 Å². The Labute approximate surface area is 604 Å². The Morgan fingerprint density at radius 2 is 0.530 bits per heavy atom. The molecule has 0 saturated carbocycles. The standard InChI is InChI=1S/C81H132O17P2/c1-5-9-13-17-21-25-29-32-35-37-40-42-46-49-53-57-61-65-78(83)91-71-76(97-80(85)67-63-59-55-51-45-28-24-20-16-12-8-4)73-95-99(87,88)93-69-75(82)70-94-100(89,90)96-74-77(98-81(86)68-64-60-56-52-48-44-39-34-31-27-23-19-15-11-7-3)72-92-79(84)66-62-58-54-50-47-43-41-38-36-33-30-26-22-18-14-10-6-2/h9-11,13-15,20-27,32-36,39-43,50,54,75-77,82H,5-8,12,16-19,28-31,37-38,44-49,51-53,55-74H2,1-4H3,(H,87,88)(H,89,90)/b13-9-,14-10-,15-11-,24-20-,25-21-,26-22-,27-23-,35-32-,36-33-,39-34-,42-40-,43-41-,54-50-. The highest BCUT2D eigenvalue weighted by Gasteiger charge is 2.30. The zero-order chi connectivity index (χ0) is 73.2. The van der Waals surface area contributed by atoms with E-state index in [9.17, 15) is 43.2 Å². The van der Waals surface area contributed by atoms with Gasteiger partial charge in [-0.05, 0) is 154 Å². The van der Waals surface area contributed by atoms with Crippen molar-refractivity contribution in [1.29, 1.82) is 0 Å². The summed E-state index contributed by atoms with van der Waals surface area (Å²) >= 11 is 0. The molecule has 0 fully saturated rings. The van der Waals surface area contributed by atoms with Crippen molar-refractivity contribution < 1.29 is 80.2 Å². The molecule has 19 heteroatoms. The van der Waals surface area contributed by atoms with Gasteiger partial charge in [-0.15, -0.1) is 0 Å². The lowest BCUT2D eigenvalue weighted by Crippen LogP contribution is -2.30. The van der Waals surface area contributed by atoms with E-state index in [1.165, 1.54) is 12.8 Å². The van der Waals surface area contributed by atoms with E-state index in [1.54, 1.807) is 0 Å². The zero-order valence-electron chi connectivity index (χ0n) is 61.8. The molecule has 0 aliphatic carbocycles. The average molecular weight is 1440 g/mol. The fraction of sp³-hybridized carbons (Fsp3) is 0.630. The van der Waals surface area contributed by atoms with E-state index in [0.717, 1.165) is 173 Å². The van der Waals surface area contributed by atoms with Crippen molar-refractivity contribution in [2.45, 2.75) is 290 Å². The fourth-order valence-electron chi connectivity index (χ4n) is 9.30. The Balaban J connectivity index is 5.43. The molecule has 0 bridgehead atoms. The highest BCUT2D eigenvalue weighted by atomic mass is 31.2. The summed E-state index contributed by atoms with van der Waals surface area (Å²) in [4.78, 5) is 72.8. The molecule has 5 atom stereocenters. The molecule has 0 aliphatic rings. The molecule has 100 heavy (non-hydrogen) atoms. The molecule has 0 amide bonds. The van der Waals surface area contributed by atoms with Crippen LogP contribution in [0.2, 0.25) is 0 Å². The van der Waals surface area contributed by atoms with E-state index >= 15 is 0 Å². The Hall–Kier alpha value is -5.32. The maximum Gasteiger partial charge on any atom is 0.472 e. The third kappa shape index (κ3) is 71.1. The summed E-state index contributed by atoms with van der Waals surface area (Å²) in [5, 5.41) is 10.6. The highest BCUT2D eigenvalue weighted by molar-refractivity contribution is 7.47. The van der Waals surface area contributed by atoms with Crippen molar-refractivity contribution in [2.75, 3.05) is 39.6 Å². The Morgan fingerprint density at radius 1 is 0.290 bits per heavy atom. The van der Waals surface area contributed by atoms with Crippen LogP contribution in [0, 0.1) is 0 Å². The number of phosphoric acid groups is 2. The number of rotatable bonds is 69. The summed E-state index contributed by atoms with van der Waals surface area (Å²) in [6.07, 6.45) is 82.5. The maximum atomic E-state index is 13.1. The number of ether oxygens (including phenoxy) is 4. The summed E-state index contributed by atoms with van der Waals surface area (Å²) in [7, 11) is -9.99. The van der Waals surface area contributed by atoms with Crippen LogP contribution in [0.4, 0.5) is 0 Å². The third-order valence-electron chi connectivity index (χ3n) is 15.0. The molecule has 568 valence electrons. The molecule has 0 aromatic rings. The van der Waals surface area contributed by atoms with Gasteiger partial charge in [-0.3, -0.25) is 37.3 Å². The molecule has 0 heterocycles. The first-order valence-electron chi connectivity index (χ1n) is 37.7. The van der Waals surface area contributed by atoms with E-state index in [0.29, 0.717) is 32.1 Å². The lowest BCUT2D eigenvalue weighted by molar-refractivity contribution is -0.161. The van der Waals surface area contributed by atoms with Crippen LogP contribution < -0.4 is 0 Å². The van der Waals surface area contributed by atoms with E-state index in [2.05, 4.69) is 174 Å². The van der Waals surface area contributed by atoms with Gasteiger partial charge in [0.25, 0.3) is 0 Å². The second kappa shape index (κ2) is 72.0. The fourth-order valence-corrected chi connectivity index (χ4v) is 10.9. The van der Waals surface area contributed by atoms with E-state index in [1.807, 2.05) is 12.2 Å². The Morgan fingerprint density at radius 3 is 0.850 bits per heavy atom. The number of allylic oxidation sites excluding steroid dienone is 26. The lowest BCUT2D eigenvalue weighted by atomic mass is 10.1. The Bertz CT molecular complexity index is 2520. The number of aliphatic hydroxyl groups is 1. The van der Waals surface area contributed by atoms with Crippen LogP contribution in [-0.4, -0.2) is 96.7 Å². The van der Waals surface area contributed by atoms with Crippen LogP contribution in [0.3, 0.4) is 0 Å². The molecule has 17 nitrogen and oxygen atoms in total. The SMILES string of the molecule is CC/C=C\C/C=C\C/C=C\C/C=C\C/C=C\CCCC(=O)OCC(COP(=O)(O)OCC(O)COP(=O)(O)OCC(COC(=O)CCCCCC/C=C\C/C=C\C/C=C\C/C=C\CC)OC(=O)CCCCCCC/C=C\CCCC)OC(=O)CCCCCCC/C=C\C/C=C\C/C=C\CC. The van der Waals surface area contributed by atoms with Crippen molar-refractivity contribution in [3.63, 3.8) is 0 Å². The number of aliphatic hydroxyl groups excluding tert-OH is 1. The quantitative estimate of drug-likeness (QED) is 0.0169. The average Bonchev–Trinajstić information content (AvgIpc) is 1.02. The predicted octanol–water partition coefficient (Wildman–Crippen LogP) is 21.7. The molecule has 0 radical (unpaired) electrons. The van der Waals surface area contributed by atoms with Gasteiger partial charge in [-0.1, -0.05) is 250 Å². The molecule has 0 aromatic carbocycles. The van der Waals surface area contributed by atoms with Crippen LogP contribution in [0.1, 0.15) is 272 Å². The molecule has 5 unspecified atom stereocenters. The summed E-state index contributed by atoms with van der Waals surface area (Å²) < 4.78 is 68.3. The minimum Gasteiger partial charge on any atom is -0.462 e. The number of hydrogen-bond acceptors (Lipinski definition) is 15. The number of carbonyl (C=O) groups excluding carboxylic acids is 4. The number of hydrogen-bond donors (Lipinski definition) is 3. The number of carbonyl (C=O) groups is 4.